The second kappa shape index (κ2) is 11.2. The Hall–Kier alpha value is -3.47. The van der Waals surface area contributed by atoms with Crippen LogP contribution in [0.15, 0.2) is 41.2 Å². The van der Waals surface area contributed by atoms with Crippen LogP contribution in [0.5, 0.6) is 5.75 Å². The van der Waals surface area contributed by atoms with Crippen LogP contribution in [0.3, 0.4) is 0 Å². The molecule has 0 amide bonds. The van der Waals surface area contributed by atoms with Gasteiger partial charge in [-0.2, -0.15) is 9.36 Å². The monoisotopic (exact) mass is 651 g/mol. The maximum atomic E-state index is 12.7. The van der Waals surface area contributed by atoms with Gasteiger partial charge in [-0.25, -0.2) is 4.79 Å². The average Bonchev–Trinajstić information content (AvgIpc) is 3.71. The number of nitrogens with zero attached hydrogens (tertiary/aromatic N) is 5. The van der Waals surface area contributed by atoms with E-state index in [1.54, 1.807) is 31.6 Å². The normalized spacial score (nSPS) is 21.1. The van der Waals surface area contributed by atoms with Crippen LogP contribution in [0.2, 0.25) is 10.0 Å². The number of halogens is 2. The van der Waals surface area contributed by atoms with Gasteiger partial charge in [0.05, 0.1) is 22.7 Å². The van der Waals surface area contributed by atoms with Crippen molar-refractivity contribution >= 4 is 51.9 Å². The molecule has 228 valence electrons. The molecule has 9 nitrogen and oxygen atoms in total. The lowest BCUT2D eigenvalue weighted by atomic mass is 10.0. The van der Waals surface area contributed by atoms with Gasteiger partial charge in [0.15, 0.2) is 5.82 Å². The molecule has 1 aliphatic heterocycles. The van der Waals surface area contributed by atoms with Gasteiger partial charge in [0.1, 0.15) is 22.8 Å². The highest BCUT2D eigenvalue weighted by Crippen LogP contribution is 2.54. The summed E-state index contributed by atoms with van der Waals surface area (Å²) in [6, 6.07) is 5.26. The van der Waals surface area contributed by atoms with E-state index >= 15 is 0 Å². The van der Waals surface area contributed by atoms with Crippen LogP contribution in [0, 0.1) is 17.8 Å². The molecule has 3 aliphatic rings. The van der Waals surface area contributed by atoms with Crippen molar-refractivity contribution in [2.75, 3.05) is 25.1 Å². The number of esters is 1. The smallest absolute Gasteiger partial charge is 0.338 e. The molecule has 1 saturated heterocycles. The molecule has 2 unspecified atom stereocenters. The summed E-state index contributed by atoms with van der Waals surface area (Å²) < 4.78 is 21.4. The van der Waals surface area contributed by atoms with E-state index in [0.717, 1.165) is 42.4 Å². The molecule has 3 aromatic heterocycles. The number of allylic oxidation sites excluding steroid dienone is 1. The molecule has 0 N–H and O–H groups in total. The van der Waals surface area contributed by atoms with Crippen molar-refractivity contribution in [2.45, 2.75) is 45.1 Å². The maximum Gasteiger partial charge on any atom is 0.338 e. The van der Waals surface area contributed by atoms with Gasteiger partial charge in [-0.3, -0.25) is 4.98 Å². The zero-order chi connectivity index (χ0) is 30.7. The first-order valence-electron chi connectivity index (χ1n) is 14.6. The van der Waals surface area contributed by atoms with E-state index in [0.29, 0.717) is 67.7 Å². The molecule has 4 heterocycles. The van der Waals surface area contributed by atoms with Crippen LogP contribution in [0.4, 0.5) is 5.13 Å². The van der Waals surface area contributed by atoms with Crippen molar-refractivity contribution in [2.24, 2.45) is 17.8 Å². The Balaban J connectivity index is 1.05. The molecule has 44 heavy (non-hydrogen) atoms. The number of ether oxygens (including phenoxy) is 2. The SMILES string of the molecule is COc1cc(C(=O)OC(C)(C)C)cc(-c2nsc(N3CC4C(/C=C/c5c(-c6c(Cl)cncc6Cl)noc5C5CC5)C4C3)n2)c1. The molecule has 0 spiro atoms. The molecular weight excluding hydrogens is 621 g/mol. The highest BCUT2D eigenvalue weighted by atomic mass is 35.5. The number of pyridine rings is 1. The standard InChI is InChI=1S/C32H31Cl2N5O4S/c1-32(2,3)42-30(40)18-9-17(10-19(11-18)41-4)29-36-31(44-38-29)39-14-22-20(23(22)15-39)7-8-21-27(37-43-28(21)16-5-6-16)26-24(33)12-35-13-25(26)34/h7-13,16,20,22-23H,5-6,14-15H2,1-4H3/b8-7+. The number of aromatic nitrogens is 4. The number of hydrogen-bond acceptors (Lipinski definition) is 10. The third-order valence-corrected chi connectivity index (χ3v) is 9.61. The summed E-state index contributed by atoms with van der Waals surface area (Å²) in [7, 11) is 1.57. The first kappa shape index (κ1) is 29.3. The number of carbonyl (C=O) groups is 1. The lowest BCUT2D eigenvalue weighted by Gasteiger charge is -2.19. The summed E-state index contributed by atoms with van der Waals surface area (Å²) in [5.41, 5.74) is 2.79. The van der Waals surface area contributed by atoms with Crippen LogP contribution in [-0.2, 0) is 4.74 Å². The summed E-state index contributed by atoms with van der Waals surface area (Å²) in [4.78, 5) is 24.0. The molecule has 2 saturated carbocycles. The molecule has 1 aromatic carbocycles. The highest BCUT2D eigenvalue weighted by Gasteiger charge is 2.54. The van der Waals surface area contributed by atoms with E-state index < -0.39 is 11.6 Å². The van der Waals surface area contributed by atoms with Gasteiger partial charge >= 0.3 is 5.97 Å². The fraction of sp³-hybridized carbons (Fsp3) is 0.406. The number of anilines is 1. The Bertz CT molecular complexity index is 1740. The summed E-state index contributed by atoms with van der Waals surface area (Å²) in [6.45, 7) is 7.33. The van der Waals surface area contributed by atoms with Crippen molar-refractivity contribution in [1.29, 1.82) is 0 Å². The Labute approximate surface area is 269 Å². The molecule has 12 heteroatoms. The van der Waals surface area contributed by atoms with Gasteiger partial charge in [-0.05, 0) is 69.6 Å². The summed E-state index contributed by atoms with van der Waals surface area (Å²) in [5.74, 6) is 3.53. The van der Waals surface area contributed by atoms with Crippen molar-refractivity contribution in [1.82, 2.24) is 19.5 Å². The second-order valence-corrected chi connectivity index (χ2v) is 14.1. The van der Waals surface area contributed by atoms with Crippen molar-refractivity contribution in [3.63, 3.8) is 0 Å². The minimum atomic E-state index is -0.603. The van der Waals surface area contributed by atoms with Crippen LogP contribution in [0.1, 0.15) is 61.2 Å². The third-order valence-electron chi connectivity index (χ3n) is 8.26. The van der Waals surface area contributed by atoms with Gasteiger partial charge in [0.25, 0.3) is 0 Å². The number of hydrogen-bond donors (Lipinski definition) is 0. The summed E-state index contributed by atoms with van der Waals surface area (Å²) >= 11 is 14.3. The fourth-order valence-electron chi connectivity index (χ4n) is 5.91. The average molecular weight is 653 g/mol. The Kier molecular flexibility index (Phi) is 7.42. The fourth-order valence-corrected chi connectivity index (χ4v) is 7.16. The topological polar surface area (TPSA) is 103 Å². The van der Waals surface area contributed by atoms with Gasteiger partial charge in [0, 0.05) is 59.6 Å². The minimum Gasteiger partial charge on any atom is -0.497 e. The first-order valence-corrected chi connectivity index (χ1v) is 16.1. The van der Waals surface area contributed by atoms with Crippen LogP contribution < -0.4 is 9.64 Å². The molecule has 2 atom stereocenters. The van der Waals surface area contributed by atoms with E-state index in [1.165, 1.54) is 11.5 Å². The van der Waals surface area contributed by atoms with Gasteiger partial charge in [-0.1, -0.05) is 40.5 Å². The van der Waals surface area contributed by atoms with Crippen molar-refractivity contribution in [3.8, 4) is 28.4 Å². The van der Waals surface area contributed by atoms with Crippen LogP contribution in [0.25, 0.3) is 28.7 Å². The van der Waals surface area contributed by atoms with Crippen LogP contribution in [-0.4, -0.2) is 51.3 Å². The third kappa shape index (κ3) is 5.71. The predicted octanol–water partition coefficient (Wildman–Crippen LogP) is 7.80. The second-order valence-electron chi connectivity index (χ2n) is 12.6. The molecular formula is C32H31Cl2N5O4S. The summed E-state index contributed by atoms with van der Waals surface area (Å²) in [5, 5.41) is 6.16. The van der Waals surface area contributed by atoms with Crippen molar-refractivity contribution < 1.29 is 18.8 Å². The molecule has 4 aromatic rings. The maximum absolute atomic E-state index is 12.7. The first-order chi connectivity index (χ1) is 21.1. The van der Waals surface area contributed by atoms with E-state index in [-0.39, 0.29) is 0 Å². The predicted molar refractivity (Wildman–Crippen MR) is 171 cm³/mol. The molecule has 2 aliphatic carbocycles. The minimum absolute atomic E-state index is 0.390. The number of fused-ring (bicyclic) bond motifs is 1. The Morgan fingerprint density at radius 1 is 1.11 bits per heavy atom. The van der Waals surface area contributed by atoms with E-state index in [2.05, 4.69) is 31.6 Å². The molecule has 7 rings (SSSR count). The Morgan fingerprint density at radius 2 is 1.84 bits per heavy atom. The number of carbonyl (C=O) groups excluding carboxylic acids is 1. The van der Waals surface area contributed by atoms with E-state index in [9.17, 15) is 4.79 Å². The van der Waals surface area contributed by atoms with Gasteiger partial charge in [0.2, 0.25) is 5.13 Å². The van der Waals surface area contributed by atoms with Crippen molar-refractivity contribution in [3.05, 3.63) is 63.6 Å². The zero-order valence-electron chi connectivity index (χ0n) is 24.7. The largest absolute Gasteiger partial charge is 0.497 e. The molecule has 0 radical (unpaired) electrons. The van der Waals surface area contributed by atoms with Gasteiger partial charge < -0.3 is 18.9 Å². The zero-order valence-corrected chi connectivity index (χ0v) is 27.0. The summed E-state index contributed by atoms with van der Waals surface area (Å²) in [6.07, 6.45) is 9.78. The number of benzene rings is 1. The van der Waals surface area contributed by atoms with Gasteiger partial charge in [-0.15, -0.1) is 0 Å². The number of methoxy groups -OCH3 is 1. The van der Waals surface area contributed by atoms with E-state index in [4.69, 9.17) is 42.2 Å². The van der Waals surface area contributed by atoms with E-state index in [1.807, 2.05) is 26.8 Å². The molecule has 3 fully saturated rings. The quantitative estimate of drug-likeness (QED) is 0.176. The lowest BCUT2D eigenvalue weighted by Crippen LogP contribution is -2.24. The lowest BCUT2D eigenvalue weighted by molar-refractivity contribution is 0.00692. The number of rotatable bonds is 8. The number of piperidine rings is 1. The Morgan fingerprint density at radius 3 is 2.50 bits per heavy atom. The van der Waals surface area contributed by atoms with Crippen LogP contribution >= 0.6 is 34.7 Å². The highest BCUT2D eigenvalue weighted by molar-refractivity contribution is 7.09. The molecule has 0 bridgehead atoms.